The molecule has 0 spiro atoms. The van der Waals surface area contributed by atoms with Gasteiger partial charge in [-0.25, -0.2) is 9.59 Å². The van der Waals surface area contributed by atoms with E-state index in [1.807, 2.05) is 0 Å². The first-order chi connectivity index (χ1) is 19.9. The minimum atomic E-state index is -1.26. The van der Waals surface area contributed by atoms with Crippen LogP contribution in [0.1, 0.15) is 49.4 Å². The van der Waals surface area contributed by atoms with Crippen molar-refractivity contribution < 1.29 is 52.6 Å². The van der Waals surface area contributed by atoms with Crippen LogP contribution in [0.2, 0.25) is 0 Å². The number of carboxylic acid groups (broad SMARTS) is 1. The predicted molar refractivity (Wildman–Crippen MR) is 140 cm³/mol. The number of hydrogen-bond donors (Lipinski definition) is 1. The van der Waals surface area contributed by atoms with Gasteiger partial charge in [0.25, 0.3) is 0 Å². The minimum absolute atomic E-state index is 0.00314. The van der Waals surface area contributed by atoms with Gasteiger partial charge in [-0.2, -0.15) is 0 Å². The van der Waals surface area contributed by atoms with Gasteiger partial charge in [0.1, 0.15) is 6.10 Å². The molecular formula is C30H26O11. The van der Waals surface area contributed by atoms with Crippen molar-refractivity contribution in [2.75, 3.05) is 34.7 Å². The van der Waals surface area contributed by atoms with Crippen LogP contribution in [-0.4, -0.2) is 57.7 Å². The zero-order chi connectivity index (χ0) is 28.8. The van der Waals surface area contributed by atoms with E-state index in [-0.39, 0.29) is 24.5 Å². The van der Waals surface area contributed by atoms with Gasteiger partial charge >= 0.3 is 17.9 Å². The lowest BCUT2D eigenvalue weighted by atomic mass is 9.66. The average Bonchev–Trinajstić information content (AvgIpc) is 3.61. The molecule has 1 aliphatic carbocycles. The van der Waals surface area contributed by atoms with E-state index in [9.17, 15) is 19.5 Å². The van der Waals surface area contributed by atoms with E-state index < -0.39 is 41.8 Å². The van der Waals surface area contributed by atoms with E-state index in [4.69, 9.17) is 33.2 Å². The van der Waals surface area contributed by atoms with Gasteiger partial charge in [0.05, 0.1) is 45.0 Å². The van der Waals surface area contributed by atoms with Gasteiger partial charge in [-0.05, 0) is 47.5 Å². The molecule has 0 unspecified atom stereocenters. The van der Waals surface area contributed by atoms with Crippen LogP contribution < -0.4 is 23.7 Å². The van der Waals surface area contributed by atoms with E-state index >= 15 is 0 Å². The van der Waals surface area contributed by atoms with Crippen LogP contribution in [0.5, 0.6) is 28.7 Å². The number of carbonyl (C=O) groups excluding carboxylic acids is 2. The summed E-state index contributed by atoms with van der Waals surface area (Å²) in [5.41, 5.74) is 1.65. The number of aromatic carboxylic acids is 1. The van der Waals surface area contributed by atoms with Gasteiger partial charge in [0.2, 0.25) is 12.5 Å². The number of carboxylic acids is 1. The number of methoxy groups -OCH3 is 3. The Bertz CT molecular complexity index is 1540. The van der Waals surface area contributed by atoms with Gasteiger partial charge in [0, 0.05) is 17.4 Å². The zero-order valence-electron chi connectivity index (χ0n) is 22.4. The number of cyclic esters (lactones) is 1. The van der Waals surface area contributed by atoms with Crippen molar-refractivity contribution in [3.63, 3.8) is 0 Å². The summed E-state index contributed by atoms with van der Waals surface area (Å²) in [5.74, 6) is -2.29. The van der Waals surface area contributed by atoms with E-state index in [1.54, 1.807) is 30.3 Å². The van der Waals surface area contributed by atoms with Gasteiger partial charge in [-0.15, -0.1) is 0 Å². The normalized spacial score (nSPS) is 21.8. The predicted octanol–water partition coefficient (Wildman–Crippen LogP) is 3.97. The lowest BCUT2D eigenvalue weighted by Crippen LogP contribution is -2.36. The zero-order valence-corrected chi connectivity index (χ0v) is 22.4. The monoisotopic (exact) mass is 562 g/mol. The second-order valence-corrected chi connectivity index (χ2v) is 9.77. The van der Waals surface area contributed by atoms with Gasteiger partial charge in [-0.3, -0.25) is 4.79 Å². The minimum Gasteiger partial charge on any atom is -0.493 e. The highest BCUT2D eigenvalue weighted by atomic mass is 16.7. The summed E-state index contributed by atoms with van der Waals surface area (Å²) >= 11 is 0. The quantitative estimate of drug-likeness (QED) is 0.419. The summed E-state index contributed by atoms with van der Waals surface area (Å²) in [5, 5.41) is 9.62. The Labute approximate surface area is 234 Å². The van der Waals surface area contributed by atoms with Crippen LogP contribution in [-0.2, 0) is 14.3 Å². The van der Waals surface area contributed by atoms with Crippen molar-refractivity contribution in [3.05, 3.63) is 76.3 Å². The number of fused-ring (bicyclic) bond motifs is 3. The molecule has 0 saturated carbocycles. The molecule has 1 saturated heterocycles. The lowest BCUT2D eigenvalue weighted by molar-refractivity contribution is -0.141. The third-order valence-electron chi connectivity index (χ3n) is 7.78. The van der Waals surface area contributed by atoms with Crippen molar-refractivity contribution in [3.8, 4) is 28.7 Å². The van der Waals surface area contributed by atoms with Crippen LogP contribution in [0.4, 0.5) is 0 Å². The molecule has 6 rings (SSSR count). The number of benzene rings is 3. The third-order valence-corrected chi connectivity index (χ3v) is 7.78. The molecule has 1 N–H and O–H groups in total. The smallest absolute Gasteiger partial charge is 0.339 e. The first kappa shape index (κ1) is 26.3. The maximum Gasteiger partial charge on any atom is 0.339 e. The molecule has 41 heavy (non-hydrogen) atoms. The van der Waals surface area contributed by atoms with E-state index in [0.717, 1.165) is 0 Å². The van der Waals surface area contributed by atoms with Crippen molar-refractivity contribution in [1.82, 2.24) is 0 Å². The number of carbonyl (C=O) groups is 3. The van der Waals surface area contributed by atoms with Crippen molar-refractivity contribution in [2.24, 2.45) is 11.8 Å². The Kier molecular flexibility index (Phi) is 6.56. The number of esters is 2. The van der Waals surface area contributed by atoms with Crippen molar-refractivity contribution >= 4 is 17.9 Å². The highest BCUT2D eigenvalue weighted by Gasteiger charge is 2.54. The lowest BCUT2D eigenvalue weighted by Gasteiger charge is -2.38. The number of rotatable bonds is 7. The fourth-order valence-corrected chi connectivity index (χ4v) is 5.97. The highest BCUT2D eigenvalue weighted by molar-refractivity contribution is 6.02. The van der Waals surface area contributed by atoms with E-state index in [1.165, 1.54) is 39.5 Å². The van der Waals surface area contributed by atoms with Crippen LogP contribution in [0.3, 0.4) is 0 Å². The Balaban J connectivity index is 1.52. The van der Waals surface area contributed by atoms with Crippen LogP contribution in [0, 0.1) is 11.8 Å². The molecule has 2 aliphatic heterocycles. The molecular weight excluding hydrogens is 536 g/mol. The third kappa shape index (κ3) is 4.24. The summed E-state index contributed by atoms with van der Waals surface area (Å²) in [4.78, 5) is 38.5. The Morgan fingerprint density at radius 1 is 0.854 bits per heavy atom. The summed E-state index contributed by atoms with van der Waals surface area (Å²) in [6, 6.07) is 12.9. The Hall–Kier alpha value is -4.93. The summed E-state index contributed by atoms with van der Waals surface area (Å²) < 4.78 is 39.5. The van der Waals surface area contributed by atoms with Gasteiger partial charge in [-0.1, -0.05) is 12.1 Å². The second kappa shape index (κ2) is 10.2. The summed E-state index contributed by atoms with van der Waals surface area (Å²) in [6.07, 6.45) is -0.941. The van der Waals surface area contributed by atoms with Crippen LogP contribution >= 0.6 is 0 Å². The average molecular weight is 563 g/mol. The van der Waals surface area contributed by atoms with Crippen LogP contribution in [0.25, 0.3) is 0 Å². The van der Waals surface area contributed by atoms with E-state index in [0.29, 0.717) is 45.4 Å². The maximum absolute atomic E-state index is 13.4. The molecule has 11 heteroatoms. The van der Waals surface area contributed by atoms with Crippen molar-refractivity contribution in [1.29, 1.82) is 0 Å². The molecule has 0 amide bonds. The maximum atomic E-state index is 13.4. The Morgan fingerprint density at radius 2 is 1.49 bits per heavy atom. The molecule has 3 aliphatic rings. The first-order valence-corrected chi connectivity index (χ1v) is 12.8. The number of ether oxygens (including phenoxy) is 7. The molecule has 1 fully saturated rings. The van der Waals surface area contributed by atoms with Gasteiger partial charge in [0.15, 0.2) is 23.0 Å². The standard InChI is InChI=1S/C30H26O11/c1-35-22-8-14(9-23(36-2)27(22)37-3)24-17-10-20-21(40-13-39-20)11-18(17)26(19-12-38-30(34)25(19)24)41-29(33)16-7-5-4-6-15(16)28(31)32/h4-11,19,24-26H,12-13H2,1-3H3,(H,31,32)/t19-,24-,25-,26+/m0/s1. The SMILES string of the molecule is COc1cc([C@H]2c3cc4c(cc3[C@@H](OC(=O)c3ccccc3C(=O)O)[C@H]3COC(=O)[C@H]23)OCO4)cc(OC)c1OC. The topological polar surface area (TPSA) is 136 Å². The molecule has 2 heterocycles. The fraction of sp³-hybridized carbons (Fsp3) is 0.300. The molecule has 3 aromatic rings. The highest BCUT2D eigenvalue weighted by Crippen LogP contribution is 2.56. The molecule has 0 radical (unpaired) electrons. The Morgan fingerprint density at radius 3 is 2.10 bits per heavy atom. The largest absolute Gasteiger partial charge is 0.493 e. The molecule has 212 valence electrons. The second-order valence-electron chi connectivity index (χ2n) is 9.77. The first-order valence-electron chi connectivity index (χ1n) is 12.8. The van der Waals surface area contributed by atoms with Gasteiger partial charge < -0.3 is 38.3 Å². The summed E-state index contributed by atoms with van der Waals surface area (Å²) in [6.45, 7) is 0.00917. The molecule has 0 bridgehead atoms. The molecule has 11 nitrogen and oxygen atoms in total. The fourth-order valence-electron chi connectivity index (χ4n) is 5.97. The summed E-state index contributed by atoms with van der Waals surface area (Å²) in [7, 11) is 4.51. The molecule has 4 atom stereocenters. The van der Waals surface area contributed by atoms with Crippen LogP contribution in [0.15, 0.2) is 48.5 Å². The van der Waals surface area contributed by atoms with E-state index in [2.05, 4.69) is 0 Å². The molecule has 3 aromatic carbocycles. The number of hydrogen-bond acceptors (Lipinski definition) is 10. The van der Waals surface area contributed by atoms with Crippen molar-refractivity contribution in [2.45, 2.75) is 12.0 Å². The molecule has 0 aromatic heterocycles.